The highest BCUT2D eigenvalue weighted by molar-refractivity contribution is 5.76. The van der Waals surface area contributed by atoms with Crippen molar-refractivity contribution in [2.45, 2.75) is 6.92 Å². The molecule has 5 nitrogen and oxygen atoms in total. The zero-order chi connectivity index (χ0) is 12.0. The normalized spacial score (nSPS) is 9.25. The molecule has 0 fully saturated rings. The molecule has 0 amide bonds. The molecule has 5 heteroatoms. The van der Waals surface area contributed by atoms with Crippen molar-refractivity contribution in [1.29, 1.82) is 5.26 Å². The number of ether oxygens (including phenoxy) is 1. The van der Waals surface area contributed by atoms with Crippen LogP contribution in [0, 0.1) is 11.3 Å². The number of carbonyl (C=O) groups excluding carboxylic acids is 1. The molecule has 0 aliphatic heterocycles. The summed E-state index contributed by atoms with van der Waals surface area (Å²) in [7, 11) is 0. The fourth-order valence-corrected chi connectivity index (χ4v) is 1.19. The van der Waals surface area contributed by atoms with Gasteiger partial charge in [-0.3, -0.25) is 4.79 Å². The summed E-state index contributed by atoms with van der Waals surface area (Å²) in [6, 6.07) is 6.87. The van der Waals surface area contributed by atoms with Crippen LogP contribution in [0.3, 0.4) is 0 Å². The number of esters is 1. The van der Waals surface area contributed by atoms with E-state index in [1.165, 1.54) is 0 Å². The second-order valence-corrected chi connectivity index (χ2v) is 3.08. The number of nitrogens with one attached hydrogen (secondary N) is 1. The molecule has 0 spiro atoms. The summed E-state index contributed by atoms with van der Waals surface area (Å²) in [5.41, 5.74) is 7.03. The number of hydrogen-bond acceptors (Lipinski definition) is 5. The van der Waals surface area contributed by atoms with Gasteiger partial charge in [-0.05, 0) is 25.1 Å². The van der Waals surface area contributed by atoms with Crippen LogP contribution in [-0.2, 0) is 9.53 Å². The number of anilines is 2. The van der Waals surface area contributed by atoms with Crippen molar-refractivity contribution in [2.75, 3.05) is 24.2 Å². The molecule has 0 bridgehead atoms. The Morgan fingerprint density at radius 2 is 2.38 bits per heavy atom. The molecule has 3 N–H and O–H groups in total. The van der Waals surface area contributed by atoms with Gasteiger partial charge in [0.2, 0.25) is 0 Å². The molecule has 0 aliphatic rings. The van der Waals surface area contributed by atoms with E-state index in [4.69, 9.17) is 15.7 Å². The van der Waals surface area contributed by atoms with E-state index in [1.54, 1.807) is 25.1 Å². The number of benzene rings is 1. The van der Waals surface area contributed by atoms with Gasteiger partial charge in [0.25, 0.3) is 0 Å². The first kappa shape index (κ1) is 11.9. The Labute approximate surface area is 93.8 Å². The van der Waals surface area contributed by atoms with Gasteiger partial charge in [0.1, 0.15) is 12.6 Å². The third-order valence-corrected chi connectivity index (χ3v) is 1.89. The van der Waals surface area contributed by atoms with Crippen LogP contribution < -0.4 is 11.1 Å². The smallest absolute Gasteiger partial charge is 0.325 e. The Balaban J connectivity index is 2.67. The predicted octanol–water partition coefficient (Wildman–Crippen LogP) is 1.12. The van der Waals surface area contributed by atoms with Crippen LogP contribution in [0.4, 0.5) is 11.4 Å². The molecule has 0 aromatic heterocycles. The largest absolute Gasteiger partial charge is 0.465 e. The van der Waals surface area contributed by atoms with Crippen molar-refractivity contribution in [3.8, 4) is 6.07 Å². The van der Waals surface area contributed by atoms with Crippen molar-refractivity contribution in [3.05, 3.63) is 23.8 Å². The lowest BCUT2D eigenvalue weighted by Crippen LogP contribution is -2.17. The highest BCUT2D eigenvalue weighted by atomic mass is 16.5. The predicted molar refractivity (Wildman–Crippen MR) is 60.7 cm³/mol. The topological polar surface area (TPSA) is 88.1 Å². The van der Waals surface area contributed by atoms with E-state index in [1.807, 2.05) is 6.07 Å². The van der Waals surface area contributed by atoms with Crippen molar-refractivity contribution in [1.82, 2.24) is 0 Å². The molecule has 0 saturated heterocycles. The molecular formula is C11H13N3O2. The van der Waals surface area contributed by atoms with Crippen molar-refractivity contribution < 1.29 is 9.53 Å². The fourth-order valence-electron chi connectivity index (χ4n) is 1.19. The Morgan fingerprint density at radius 1 is 1.62 bits per heavy atom. The van der Waals surface area contributed by atoms with Crippen LogP contribution in [0.2, 0.25) is 0 Å². The molecule has 1 aromatic carbocycles. The first-order valence-electron chi connectivity index (χ1n) is 4.86. The van der Waals surface area contributed by atoms with E-state index in [0.717, 1.165) is 0 Å². The minimum Gasteiger partial charge on any atom is -0.465 e. The van der Waals surface area contributed by atoms with E-state index >= 15 is 0 Å². The first-order chi connectivity index (χ1) is 7.67. The number of nitriles is 1. The molecule has 16 heavy (non-hydrogen) atoms. The van der Waals surface area contributed by atoms with Gasteiger partial charge in [-0.1, -0.05) is 0 Å². The van der Waals surface area contributed by atoms with Gasteiger partial charge in [0.15, 0.2) is 0 Å². The Bertz CT molecular complexity index is 424. The van der Waals surface area contributed by atoms with Gasteiger partial charge in [-0.2, -0.15) is 5.26 Å². The van der Waals surface area contributed by atoms with E-state index in [9.17, 15) is 4.79 Å². The van der Waals surface area contributed by atoms with Gasteiger partial charge in [0, 0.05) is 5.69 Å². The summed E-state index contributed by atoms with van der Waals surface area (Å²) >= 11 is 0. The Kier molecular flexibility index (Phi) is 4.16. The number of carbonyl (C=O) groups is 1. The van der Waals surface area contributed by atoms with Crippen LogP contribution in [0.15, 0.2) is 18.2 Å². The van der Waals surface area contributed by atoms with Crippen molar-refractivity contribution >= 4 is 17.3 Å². The molecule has 1 aromatic rings. The highest BCUT2D eigenvalue weighted by Crippen LogP contribution is 2.17. The molecule has 0 heterocycles. The van der Waals surface area contributed by atoms with Crippen LogP contribution >= 0.6 is 0 Å². The molecule has 0 radical (unpaired) electrons. The minimum absolute atomic E-state index is 0.0342. The molecule has 84 valence electrons. The number of hydrogen-bond donors (Lipinski definition) is 2. The maximum absolute atomic E-state index is 11.1. The van der Waals surface area contributed by atoms with Gasteiger partial charge in [-0.15, -0.1) is 0 Å². The molecule has 0 aliphatic carbocycles. The second kappa shape index (κ2) is 5.61. The van der Waals surface area contributed by atoms with Gasteiger partial charge in [0.05, 0.1) is 17.9 Å². The lowest BCUT2D eigenvalue weighted by molar-refractivity contribution is -0.140. The second-order valence-electron chi connectivity index (χ2n) is 3.08. The zero-order valence-electron chi connectivity index (χ0n) is 8.99. The Morgan fingerprint density at radius 3 is 3.00 bits per heavy atom. The summed E-state index contributed by atoms with van der Waals surface area (Å²) in [5.74, 6) is -0.358. The first-order valence-corrected chi connectivity index (χ1v) is 4.86. The van der Waals surface area contributed by atoms with E-state index in [0.29, 0.717) is 23.5 Å². The lowest BCUT2D eigenvalue weighted by atomic mass is 10.1. The standard InChI is InChI=1S/C11H13N3O2/c1-2-16-11(15)7-14-10-4-3-9(13)5-8(10)6-12/h3-5,14H,2,7,13H2,1H3. The quantitative estimate of drug-likeness (QED) is 0.585. The summed E-state index contributed by atoms with van der Waals surface area (Å²) in [5, 5.41) is 11.7. The van der Waals surface area contributed by atoms with Crippen LogP contribution in [-0.4, -0.2) is 19.1 Å². The molecule has 1 rings (SSSR count). The van der Waals surface area contributed by atoms with Crippen LogP contribution in [0.1, 0.15) is 12.5 Å². The van der Waals surface area contributed by atoms with Crippen molar-refractivity contribution in [2.24, 2.45) is 0 Å². The summed E-state index contributed by atoms with van der Waals surface area (Å²) in [4.78, 5) is 11.1. The summed E-state index contributed by atoms with van der Waals surface area (Å²) in [6.45, 7) is 2.11. The number of nitrogens with zero attached hydrogens (tertiary/aromatic N) is 1. The average molecular weight is 219 g/mol. The van der Waals surface area contributed by atoms with Crippen LogP contribution in [0.5, 0.6) is 0 Å². The molecule has 0 saturated carbocycles. The van der Waals surface area contributed by atoms with Gasteiger partial charge < -0.3 is 15.8 Å². The summed E-state index contributed by atoms with van der Waals surface area (Å²) < 4.78 is 4.75. The maximum Gasteiger partial charge on any atom is 0.325 e. The lowest BCUT2D eigenvalue weighted by Gasteiger charge is -2.07. The van der Waals surface area contributed by atoms with Gasteiger partial charge in [-0.25, -0.2) is 0 Å². The highest BCUT2D eigenvalue weighted by Gasteiger charge is 2.05. The van der Waals surface area contributed by atoms with Crippen molar-refractivity contribution in [3.63, 3.8) is 0 Å². The molecule has 0 atom stereocenters. The fraction of sp³-hybridized carbons (Fsp3) is 0.273. The summed E-state index contributed by atoms with van der Waals surface area (Å²) in [6.07, 6.45) is 0. The van der Waals surface area contributed by atoms with Gasteiger partial charge >= 0.3 is 5.97 Å². The number of nitrogens with two attached hydrogens (primary N) is 1. The molecule has 0 unspecified atom stereocenters. The Hall–Kier alpha value is -2.22. The number of rotatable bonds is 4. The molecular weight excluding hydrogens is 206 g/mol. The third-order valence-electron chi connectivity index (χ3n) is 1.89. The third kappa shape index (κ3) is 3.17. The minimum atomic E-state index is -0.358. The van der Waals surface area contributed by atoms with E-state index in [-0.39, 0.29) is 12.5 Å². The SMILES string of the molecule is CCOC(=O)CNc1ccc(N)cc1C#N. The monoisotopic (exact) mass is 219 g/mol. The van der Waals surface area contributed by atoms with E-state index in [2.05, 4.69) is 5.32 Å². The maximum atomic E-state index is 11.1. The van der Waals surface area contributed by atoms with E-state index < -0.39 is 0 Å². The average Bonchev–Trinajstić information content (AvgIpc) is 2.27. The van der Waals surface area contributed by atoms with Crippen LogP contribution in [0.25, 0.3) is 0 Å². The zero-order valence-corrected chi connectivity index (χ0v) is 8.99. The number of nitrogen functional groups attached to an aromatic ring is 1.